The van der Waals surface area contributed by atoms with E-state index in [1.165, 1.54) is 12.8 Å². The van der Waals surface area contributed by atoms with Crippen molar-refractivity contribution in [3.8, 4) is 0 Å². The van der Waals surface area contributed by atoms with Crippen molar-refractivity contribution < 1.29 is 9.59 Å². The van der Waals surface area contributed by atoms with Gasteiger partial charge in [0.25, 0.3) is 0 Å². The fourth-order valence-electron chi connectivity index (χ4n) is 4.66. The SMILES string of the molecule is CCCN(C(=O)C1CC(=O)N(C2CCC(C)CC2)C1)C1CCNC1.Cl. The van der Waals surface area contributed by atoms with Crippen LogP contribution >= 0.6 is 12.4 Å². The van der Waals surface area contributed by atoms with E-state index in [0.29, 0.717) is 25.0 Å². The molecule has 0 aromatic heterocycles. The number of carbonyl (C=O) groups is 2. The molecule has 0 bridgehead atoms. The van der Waals surface area contributed by atoms with Gasteiger partial charge in [0.2, 0.25) is 11.8 Å². The molecule has 0 aromatic carbocycles. The van der Waals surface area contributed by atoms with Crippen LogP contribution in [0.15, 0.2) is 0 Å². The zero-order chi connectivity index (χ0) is 17.1. The van der Waals surface area contributed by atoms with Crippen LogP contribution in [-0.4, -0.2) is 59.9 Å². The molecule has 2 amide bonds. The van der Waals surface area contributed by atoms with Gasteiger partial charge in [0.1, 0.15) is 0 Å². The Labute approximate surface area is 158 Å². The quantitative estimate of drug-likeness (QED) is 0.807. The maximum absolute atomic E-state index is 13.1. The van der Waals surface area contributed by atoms with Crippen molar-refractivity contribution in [3.63, 3.8) is 0 Å². The van der Waals surface area contributed by atoms with E-state index >= 15 is 0 Å². The Morgan fingerprint density at radius 2 is 1.96 bits per heavy atom. The molecular weight excluding hydrogens is 338 g/mol. The van der Waals surface area contributed by atoms with Gasteiger partial charge in [0.15, 0.2) is 0 Å². The van der Waals surface area contributed by atoms with Crippen LogP contribution in [-0.2, 0) is 9.59 Å². The van der Waals surface area contributed by atoms with Crippen molar-refractivity contribution in [2.24, 2.45) is 11.8 Å². The van der Waals surface area contributed by atoms with Crippen molar-refractivity contribution >= 4 is 24.2 Å². The summed E-state index contributed by atoms with van der Waals surface area (Å²) in [6.07, 6.45) is 7.08. The summed E-state index contributed by atoms with van der Waals surface area (Å²) in [6.45, 7) is 7.78. The van der Waals surface area contributed by atoms with Crippen LogP contribution < -0.4 is 5.32 Å². The Bertz CT molecular complexity index is 460. The van der Waals surface area contributed by atoms with Crippen LogP contribution in [0.25, 0.3) is 0 Å². The molecule has 3 aliphatic rings. The summed E-state index contributed by atoms with van der Waals surface area (Å²) in [4.78, 5) is 29.7. The Balaban J connectivity index is 0.00000225. The number of carbonyl (C=O) groups excluding carboxylic acids is 2. The highest BCUT2D eigenvalue weighted by atomic mass is 35.5. The smallest absolute Gasteiger partial charge is 0.228 e. The van der Waals surface area contributed by atoms with E-state index in [1.807, 2.05) is 4.90 Å². The Morgan fingerprint density at radius 3 is 2.56 bits per heavy atom. The van der Waals surface area contributed by atoms with Crippen LogP contribution in [0.1, 0.15) is 58.8 Å². The minimum Gasteiger partial charge on any atom is -0.339 e. The zero-order valence-electron chi connectivity index (χ0n) is 15.7. The number of nitrogens with zero attached hydrogens (tertiary/aromatic N) is 2. The Hall–Kier alpha value is -0.810. The molecule has 2 saturated heterocycles. The standard InChI is InChI=1S/C19H33N3O2.ClH/c1-3-10-21(17-8-9-20-12-17)19(24)15-11-18(23)22(13-15)16-6-4-14(2)5-7-16;/h14-17,20H,3-13H2,1-2H3;1H. The van der Waals surface area contributed by atoms with Crippen molar-refractivity contribution in [2.45, 2.75) is 70.9 Å². The predicted molar refractivity (Wildman–Crippen MR) is 102 cm³/mol. The molecule has 2 heterocycles. The lowest BCUT2D eigenvalue weighted by atomic mass is 9.86. The van der Waals surface area contributed by atoms with Crippen LogP contribution in [0.4, 0.5) is 0 Å². The van der Waals surface area contributed by atoms with Gasteiger partial charge in [-0.1, -0.05) is 13.8 Å². The minimum absolute atomic E-state index is 0. The van der Waals surface area contributed by atoms with Crippen molar-refractivity contribution in [2.75, 3.05) is 26.2 Å². The molecule has 2 unspecified atom stereocenters. The van der Waals surface area contributed by atoms with Crippen LogP contribution in [0.3, 0.4) is 0 Å². The van der Waals surface area contributed by atoms with E-state index in [0.717, 1.165) is 51.2 Å². The average Bonchev–Trinajstić information content (AvgIpc) is 3.23. The molecule has 1 aliphatic carbocycles. The molecule has 0 radical (unpaired) electrons. The summed E-state index contributed by atoms with van der Waals surface area (Å²) in [5, 5.41) is 3.36. The maximum Gasteiger partial charge on any atom is 0.228 e. The normalized spacial score (nSPS) is 32.6. The molecule has 2 atom stereocenters. The first-order chi connectivity index (χ1) is 11.6. The van der Waals surface area contributed by atoms with Gasteiger partial charge in [-0.3, -0.25) is 9.59 Å². The summed E-state index contributed by atoms with van der Waals surface area (Å²) in [7, 11) is 0. The first kappa shape index (κ1) is 20.5. The molecule has 5 nitrogen and oxygen atoms in total. The first-order valence-corrected chi connectivity index (χ1v) is 9.90. The molecule has 144 valence electrons. The number of nitrogens with one attached hydrogen (secondary N) is 1. The third-order valence-corrected chi connectivity index (χ3v) is 6.16. The molecule has 2 aliphatic heterocycles. The fourth-order valence-corrected chi connectivity index (χ4v) is 4.66. The van der Waals surface area contributed by atoms with E-state index in [4.69, 9.17) is 0 Å². The molecule has 0 aromatic rings. The summed E-state index contributed by atoms with van der Waals surface area (Å²) in [5.74, 6) is 1.08. The Morgan fingerprint density at radius 1 is 1.24 bits per heavy atom. The first-order valence-electron chi connectivity index (χ1n) is 9.90. The maximum atomic E-state index is 13.1. The van der Waals surface area contributed by atoms with E-state index in [9.17, 15) is 9.59 Å². The lowest BCUT2D eigenvalue weighted by molar-refractivity contribution is -0.137. The number of amides is 2. The van der Waals surface area contributed by atoms with Gasteiger partial charge >= 0.3 is 0 Å². The molecule has 3 fully saturated rings. The summed E-state index contributed by atoms with van der Waals surface area (Å²) >= 11 is 0. The van der Waals surface area contributed by atoms with Crippen molar-refractivity contribution in [1.82, 2.24) is 15.1 Å². The fraction of sp³-hybridized carbons (Fsp3) is 0.895. The van der Waals surface area contributed by atoms with Gasteiger partial charge in [-0.25, -0.2) is 0 Å². The van der Waals surface area contributed by atoms with Gasteiger partial charge in [-0.2, -0.15) is 0 Å². The minimum atomic E-state index is -0.121. The second-order valence-electron chi connectivity index (χ2n) is 8.04. The monoisotopic (exact) mass is 371 g/mol. The summed E-state index contributed by atoms with van der Waals surface area (Å²) in [6, 6.07) is 0.691. The zero-order valence-corrected chi connectivity index (χ0v) is 16.5. The van der Waals surface area contributed by atoms with Gasteiger partial charge in [-0.15, -0.1) is 12.4 Å². The van der Waals surface area contributed by atoms with E-state index in [2.05, 4.69) is 24.1 Å². The number of halogens is 1. The lowest BCUT2D eigenvalue weighted by Crippen LogP contribution is -2.46. The van der Waals surface area contributed by atoms with E-state index in [-0.39, 0.29) is 30.1 Å². The predicted octanol–water partition coefficient (Wildman–Crippen LogP) is 2.44. The highest BCUT2D eigenvalue weighted by molar-refractivity contribution is 5.89. The summed E-state index contributed by atoms with van der Waals surface area (Å²) in [5.41, 5.74) is 0. The molecule has 25 heavy (non-hydrogen) atoms. The topological polar surface area (TPSA) is 52.7 Å². The van der Waals surface area contributed by atoms with Gasteiger partial charge in [-0.05, 0) is 51.0 Å². The average molecular weight is 372 g/mol. The van der Waals surface area contributed by atoms with Crippen LogP contribution in [0.5, 0.6) is 0 Å². The van der Waals surface area contributed by atoms with E-state index in [1.54, 1.807) is 0 Å². The van der Waals surface area contributed by atoms with Gasteiger partial charge in [0.05, 0.1) is 5.92 Å². The Kier molecular flexibility index (Phi) is 7.56. The van der Waals surface area contributed by atoms with Crippen molar-refractivity contribution in [1.29, 1.82) is 0 Å². The molecule has 1 saturated carbocycles. The second kappa shape index (κ2) is 9.22. The third kappa shape index (κ3) is 4.68. The number of likely N-dealkylation sites (tertiary alicyclic amines) is 1. The lowest BCUT2D eigenvalue weighted by Gasteiger charge is -2.34. The molecular formula is C19H34ClN3O2. The van der Waals surface area contributed by atoms with Gasteiger partial charge in [0, 0.05) is 38.1 Å². The number of rotatable bonds is 5. The van der Waals surface area contributed by atoms with E-state index < -0.39 is 0 Å². The summed E-state index contributed by atoms with van der Waals surface area (Å²) < 4.78 is 0. The molecule has 3 rings (SSSR count). The second-order valence-corrected chi connectivity index (χ2v) is 8.04. The number of hydrogen-bond acceptors (Lipinski definition) is 3. The highest BCUT2D eigenvalue weighted by Crippen LogP contribution is 2.32. The van der Waals surface area contributed by atoms with Crippen molar-refractivity contribution in [3.05, 3.63) is 0 Å². The highest BCUT2D eigenvalue weighted by Gasteiger charge is 2.41. The number of hydrogen-bond donors (Lipinski definition) is 1. The van der Waals surface area contributed by atoms with Gasteiger partial charge < -0.3 is 15.1 Å². The third-order valence-electron chi connectivity index (χ3n) is 6.16. The molecule has 1 N–H and O–H groups in total. The molecule has 6 heteroatoms. The van der Waals surface area contributed by atoms with Crippen LogP contribution in [0.2, 0.25) is 0 Å². The van der Waals surface area contributed by atoms with Crippen LogP contribution in [0, 0.1) is 11.8 Å². The molecule has 0 spiro atoms. The largest absolute Gasteiger partial charge is 0.339 e.